The van der Waals surface area contributed by atoms with E-state index < -0.39 is 6.04 Å². The minimum absolute atomic E-state index is 0.0335. The average molecular weight is 291 g/mol. The maximum atomic E-state index is 12.4. The van der Waals surface area contributed by atoms with Gasteiger partial charge in [-0.2, -0.15) is 0 Å². The summed E-state index contributed by atoms with van der Waals surface area (Å²) in [5.74, 6) is -0.406. The lowest BCUT2D eigenvalue weighted by atomic mass is 10.1. The Bertz CT molecular complexity index is 488. The summed E-state index contributed by atoms with van der Waals surface area (Å²) in [6, 6.07) is 9.31. The van der Waals surface area contributed by atoms with Crippen molar-refractivity contribution in [3.05, 3.63) is 35.9 Å². The largest absolute Gasteiger partial charge is 0.467 e. The molecule has 0 saturated carbocycles. The Labute approximate surface area is 124 Å². The second-order valence-electron chi connectivity index (χ2n) is 5.16. The van der Waals surface area contributed by atoms with Crippen LogP contribution in [-0.2, 0) is 25.5 Å². The average Bonchev–Trinajstić information content (AvgIpc) is 2.97. The van der Waals surface area contributed by atoms with E-state index in [0.717, 1.165) is 5.56 Å². The van der Waals surface area contributed by atoms with E-state index in [-0.39, 0.29) is 18.0 Å². The number of carbonyl (C=O) groups excluding carboxylic acids is 2. The Morgan fingerprint density at radius 3 is 2.57 bits per heavy atom. The van der Waals surface area contributed by atoms with Crippen LogP contribution < -0.4 is 0 Å². The lowest BCUT2D eigenvalue weighted by molar-refractivity contribution is -0.150. The molecule has 2 atom stereocenters. The first-order valence-corrected chi connectivity index (χ1v) is 7.09. The van der Waals surface area contributed by atoms with Crippen molar-refractivity contribution in [3.8, 4) is 0 Å². The van der Waals surface area contributed by atoms with Crippen LogP contribution in [0, 0.1) is 0 Å². The number of nitrogens with zero attached hydrogens (tertiary/aromatic N) is 1. The molecule has 114 valence electrons. The highest BCUT2D eigenvalue weighted by molar-refractivity contribution is 5.85. The second-order valence-corrected chi connectivity index (χ2v) is 5.16. The monoisotopic (exact) mass is 291 g/mol. The van der Waals surface area contributed by atoms with Crippen LogP contribution in [0.5, 0.6) is 0 Å². The molecule has 0 spiro atoms. The molecule has 5 nitrogen and oxygen atoms in total. The first-order valence-electron chi connectivity index (χ1n) is 7.09. The van der Waals surface area contributed by atoms with Crippen molar-refractivity contribution < 1.29 is 19.1 Å². The first kappa shape index (κ1) is 15.5. The quantitative estimate of drug-likeness (QED) is 0.770. The normalized spacial score (nSPS) is 21.3. The molecule has 1 saturated heterocycles. The Hall–Kier alpha value is -1.88. The number of ether oxygens (including phenoxy) is 2. The minimum Gasteiger partial charge on any atom is -0.467 e. The number of rotatable bonds is 5. The number of methoxy groups -OCH3 is 2. The van der Waals surface area contributed by atoms with Crippen molar-refractivity contribution in [2.24, 2.45) is 0 Å². The summed E-state index contributed by atoms with van der Waals surface area (Å²) in [6.45, 7) is 0.448. The Kier molecular flexibility index (Phi) is 5.33. The fraction of sp³-hybridized carbons (Fsp3) is 0.500. The maximum absolute atomic E-state index is 12.4. The molecule has 0 radical (unpaired) electrons. The molecule has 1 aliphatic heterocycles. The molecule has 0 aromatic heterocycles. The van der Waals surface area contributed by atoms with Crippen LogP contribution in [0.15, 0.2) is 30.3 Å². The molecule has 1 heterocycles. The van der Waals surface area contributed by atoms with E-state index in [0.29, 0.717) is 25.8 Å². The number of aryl methyl sites for hydroxylation is 1. The van der Waals surface area contributed by atoms with Gasteiger partial charge in [-0.15, -0.1) is 0 Å². The SMILES string of the molecule is COC(=O)[C@@H]1C[C@H](OC)CN1C(=O)CCc1ccccc1. The molecule has 5 heteroatoms. The number of benzene rings is 1. The van der Waals surface area contributed by atoms with Crippen molar-refractivity contribution in [1.82, 2.24) is 4.90 Å². The Morgan fingerprint density at radius 2 is 1.95 bits per heavy atom. The third-order valence-corrected chi connectivity index (χ3v) is 3.86. The summed E-state index contributed by atoms with van der Waals surface area (Å²) in [5.41, 5.74) is 1.11. The summed E-state index contributed by atoms with van der Waals surface area (Å²) in [4.78, 5) is 25.8. The van der Waals surface area contributed by atoms with Gasteiger partial charge in [0.1, 0.15) is 6.04 Å². The number of likely N-dealkylation sites (tertiary alicyclic amines) is 1. The molecule has 21 heavy (non-hydrogen) atoms. The minimum atomic E-state index is -0.525. The highest BCUT2D eigenvalue weighted by Gasteiger charge is 2.40. The number of carbonyl (C=O) groups is 2. The molecule has 0 bridgehead atoms. The van der Waals surface area contributed by atoms with Gasteiger partial charge in [-0.1, -0.05) is 30.3 Å². The van der Waals surface area contributed by atoms with Crippen molar-refractivity contribution in [1.29, 1.82) is 0 Å². The van der Waals surface area contributed by atoms with Crippen LogP contribution in [0.3, 0.4) is 0 Å². The number of amides is 1. The van der Waals surface area contributed by atoms with Crippen LogP contribution in [0.1, 0.15) is 18.4 Å². The summed E-state index contributed by atoms with van der Waals surface area (Å²) in [7, 11) is 2.94. The molecule has 2 rings (SSSR count). The van der Waals surface area contributed by atoms with Crippen LogP contribution >= 0.6 is 0 Å². The second kappa shape index (κ2) is 7.22. The van der Waals surface area contributed by atoms with E-state index in [9.17, 15) is 9.59 Å². The molecule has 1 aromatic carbocycles. The molecular weight excluding hydrogens is 270 g/mol. The third-order valence-electron chi connectivity index (χ3n) is 3.86. The molecule has 1 fully saturated rings. The summed E-state index contributed by atoms with van der Waals surface area (Å²) >= 11 is 0. The molecular formula is C16H21NO4. The first-order chi connectivity index (χ1) is 10.2. The summed E-state index contributed by atoms with van der Waals surface area (Å²) < 4.78 is 10.1. The van der Waals surface area contributed by atoms with Gasteiger partial charge in [-0.25, -0.2) is 4.79 Å². The zero-order valence-electron chi connectivity index (χ0n) is 12.5. The van der Waals surface area contributed by atoms with Gasteiger partial charge in [0.05, 0.1) is 13.2 Å². The summed E-state index contributed by atoms with van der Waals surface area (Å²) in [5, 5.41) is 0. The topological polar surface area (TPSA) is 55.8 Å². The molecule has 0 unspecified atom stereocenters. The Balaban J connectivity index is 1.97. The molecule has 0 N–H and O–H groups in total. The predicted molar refractivity (Wildman–Crippen MR) is 77.7 cm³/mol. The fourth-order valence-corrected chi connectivity index (χ4v) is 2.64. The van der Waals surface area contributed by atoms with Crippen LogP contribution in [0.2, 0.25) is 0 Å². The standard InChI is InChI=1S/C16H21NO4/c1-20-13-10-14(16(19)21-2)17(11-13)15(18)9-8-12-6-4-3-5-7-12/h3-7,13-14H,8-11H2,1-2H3/t13-,14-/m0/s1. The zero-order chi connectivity index (χ0) is 15.2. The number of hydrogen-bond donors (Lipinski definition) is 0. The van der Waals surface area contributed by atoms with Gasteiger partial charge in [0.2, 0.25) is 5.91 Å². The van der Waals surface area contributed by atoms with E-state index in [1.54, 1.807) is 12.0 Å². The maximum Gasteiger partial charge on any atom is 0.328 e. The molecule has 1 aliphatic rings. The highest BCUT2D eigenvalue weighted by atomic mass is 16.5. The lowest BCUT2D eigenvalue weighted by Crippen LogP contribution is -2.41. The van der Waals surface area contributed by atoms with Crippen molar-refractivity contribution in [2.75, 3.05) is 20.8 Å². The zero-order valence-corrected chi connectivity index (χ0v) is 12.5. The lowest BCUT2D eigenvalue weighted by Gasteiger charge is -2.22. The van der Waals surface area contributed by atoms with Gasteiger partial charge in [0.15, 0.2) is 0 Å². The third kappa shape index (κ3) is 3.82. The van der Waals surface area contributed by atoms with Crippen LogP contribution in [-0.4, -0.2) is 49.7 Å². The van der Waals surface area contributed by atoms with Crippen LogP contribution in [0.4, 0.5) is 0 Å². The van der Waals surface area contributed by atoms with Crippen molar-refractivity contribution in [2.45, 2.75) is 31.4 Å². The van der Waals surface area contributed by atoms with Gasteiger partial charge < -0.3 is 14.4 Å². The van der Waals surface area contributed by atoms with Gasteiger partial charge in [0.25, 0.3) is 0 Å². The van der Waals surface area contributed by atoms with Gasteiger partial charge in [-0.3, -0.25) is 4.79 Å². The summed E-state index contributed by atoms with van der Waals surface area (Å²) in [6.07, 6.45) is 1.45. The van der Waals surface area contributed by atoms with Gasteiger partial charge >= 0.3 is 5.97 Å². The number of esters is 1. The smallest absolute Gasteiger partial charge is 0.328 e. The fourth-order valence-electron chi connectivity index (χ4n) is 2.64. The van der Waals surface area contributed by atoms with Gasteiger partial charge in [-0.05, 0) is 12.0 Å². The Morgan fingerprint density at radius 1 is 1.24 bits per heavy atom. The van der Waals surface area contributed by atoms with E-state index in [1.807, 2.05) is 30.3 Å². The van der Waals surface area contributed by atoms with E-state index in [4.69, 9.17) is 9.47 Å². The van der Waals surface area contributed by atoms with Gasteiger partial charge in [0, 0.05) is 26.5 Å². The van der Waals surface area contributed by atoms with E-state index in [1.165, 1.54) is 7.11 Å². The number of hydrogen-bond acceptors (Lipinski definition) is 4. The van der Waals surface area contributed by atoms with E-state index in [2.05, 4.69) is 0 Å². The highest BCUT2D eigenvalue weighted by Crippen LogP contribution is 2.22. The van der Waals surface area contributed by atoms with Crippen molar-refractivity contribution >= 4 is 11.9 Å². The molecule has 1 amide bonds. The van der Waals surface area contributed by atoms with E-state index >= 15 is 0 Å². The van der Waals surface area contributed by atoms with Crippen molar-refractivity contribution in [3.63, 3.8) is 0 Å². The van der Waals surface area contributed by atoms with Crippen LogP contribution in [0.25, 0.3) is 0 Å². The molecule has 1 aromatic rings. The molecule has 0 aliphatic carbocycles. The predicted octanol–water partition coefficient (Wildman–Crippen LogP) is 1.41.